The number of anilines is 1. The highest BCUT2D eigenvalue weighted by atomic mass is 79.9. The van der Waals surface area contributed by atoms with Crippen LogP contribution in [0.25, 0.3) is 5.57 Å². The third-order valence-corrected chi connectivity index (χ3v) is 5.46. The van der Waals surface area contributed by atoms with E-state index in [-0.39, 0.29) is 11.2 Å². The summed E-state index contributed by atoms with van der Waals surface area (Å²) in [7, 11) is -3.53. The van der Waals surface area contributed by atoms with Crippen molar-refractivity contribution in [2.75, 3.05) is 10.6 Å². The standard InChI is InChI=1S/C21H23BBrF2N3O/c1-12-9-14(3)26-20(12)19(21-13(2)10-15(4)28(21)22(24)25)16-5-7-17(8-6-16)27-18(29)11-23/h5-10,22,26H,11H2,1-4H3,(H,27,29)/b21-19-. The molecule has 0 unspecified atom stereocenters. The van der Waals surface area contributed by atoms with Gasteiger partial charge in [-0.3, -0.25) is 4.79 Å². The zero-order chi connectivity index (χ0) is 21.3. The number of allylic oxidation sites excluding steroid dienone is 2. The van der Waals surface area contributed by atoms with Crippen LogP contribution in [0, 0.1) is 13.8 Å². The summed E-state index contributed by atoms with van der Waals surface area (Å²) < 4.78 is 29.2. The quantitative estimate of drug-likeness (QED) is 0.487. The van der Waals surface area contributed by atoms with E-state index in [4.69, 9.17) is 0 Å². The molecule has 0 bridgehead atoms. The van der Waals surface area contributed by atoms with Gasteiger partial charge in [0.15, 0.2) is 5.70 Å². The lowest BCUT2D eigenvalue weighted by molar-refractivity contribution is -0.343. The molecule has 0 aliphatic carbocycles. The molecule has 2 heterocycles. The maximum Gasteiger partial charge on any atom is 0.602 e. The zero-order valence-corrected chi connectivity index (χ0v) is 18.5. The molecule has 1 amide bonds. The van der Waals surface area contributed by atoms with Gasteiger partial charge >= 0.3 is 7.40 Å². The van der Waals surface area contributed by atoms with E-state index in [0.29, 0.717) is 17.1 Å². The smallest absolute Gasteiger partial charge is 0.415 e. The Morgan fingerprint density at radius 1 is 1.17 bits per heavy atom. The molecule has 1 aliphatic rings. The Bertz CT molecular complexity index is 1050. The molecule has 29 heavy (non-hydrogen) atoms. The number of aryl methyl sites for hydroxylation is 2. The summed E-state index contributed by atoms with van der Waals surface area (Å²) in [6, 6.07) is 9.27. The fourth-order valence-corrected chi connectivity index (χ4v) is 3.93. The van der Waals surface area contributed by atoms with Gasteiger partial charge in [-0.2, -0.15) is 0 Å². The van der Waals surface area contributed by atoms with E-state index in [1.54, 1.807) is 25.1 Å². The molecule has 1 aromatic carbocycles. The summed E-state index contributed by atoms with van der Waals surface area (Å²) in [5.74, 6) is -0.153. The Hall–Kier alpha value is -2.48. The first-order valence-electron chi connectivity index (χ1n) is 9.35. The number of amides is 1. The Balaban J connectivity index is 2.22. The van der Waals surface area contributed by atoms with Crippen molar-refractivity contribution in [3.8, 4) is 0 Å². The molecule has 0 atom stereocenters. The van der Waals surface area contributed by atoms with E-state index in [1.807, 2.05) is 39.0 Å². The van der Waals surface area contributed by atoms with Gasteiger partial charge in [0.05, 0.1) is 16.6 Å². The van der Waals surface area contributed by atoms with Gasteiger partial charge in [0.25, 0.3) is 0 Å². The molecule has 2 N–H and O–H groups in total. The normalized spacial score (nSPS) is 15.8. The summed E-state index contributed by atoms with van der Waals surface area (Å²) >= 11 is 3.12. The minimum Gasteiger partial charge on any atom is -0.415 e. The highest BCUT2D eigenvalue weighted by Crippen LogP contribution is 2.35. The van der Waals surface area contributed by atoms with Gasteiger partial charge in [-0.05, 0) is 50.1 Å². The van der Waals surface area contributed by atoms with Crippen LogP contribution < -0.4 is 5.32 Å². The fourth-order valence-electron chi connectivity index (χ4n) is 3.79. The molecular formula is C21H23BBrF2N3O. The van der Waals surface area contributed by atoms with Crippen molar-refractivity contribution in [1.82, 2.24) is 4.98 Å². The number of carbonyl (C=O) groups excluding carboxylic acids is 1. The van der Waals surface area contributed by atoms with Crippen molar-refractivity contribution in [2.45, 2.75) is 27.7 Å². The summed E-state index contributed by atoms with van der Waals surface area (Å²) in [5.41, 5.74) is 6.82. The molecule has 2 aromatic rings. The second-order valence-corrected chi connectivity index (χ2v) is 7.79. The molecule has 4 nitrogen and oxygen atoms in total. The number of aromatic amines is 1. The second kappa shape index (κ2) is 8.49. The van der Waals surface area contributed by atoms with Crippen molar-refractivity contribution < 1.29 is 17.9 Å². The summed E-state index contributed by atoms with van der Waals surface area (Å²) in [4.78, 5) is 14.9. The number of alkyl halides is 1. The van der Waals surface area contributed by atoms with Crippen LogP contribution >= 0.6 is 15.9 Å². The Labute approximate surface area is 177 Å². The first-order valence-corrected chi connectivity index (χ1v) is 10.5. The van der Waals surface area contributed by atoms with Crippen LogP contribution in [0.3, 0.4) is 0 Å². The molecule has 0 radical (unpaired) electrons. The predicted octanol–water partition coefficient (Wildman–Crippen LogP) is 4.81. The highest BCUT2D eigenvalue weighted by Gasteiger charge is 2.32. The molecule has 0 saturated carbocycles. The van der Waals surface area contributed by atoms with Crippen molar-refractivity contribution >= 4 is 46.2 Å². The molecule has 0 spiro atoms. The third-order valence-electron chi connectivity index (χ3n) is 4.95. The van der Waals surface area contributed by atoms with Gasteiger partial charge in [0.1, 0.15) is 5.71 Å². The van der Waals surface area contributed by atoms with E-state index in [0.717, 1.165) is 38.1 Å². The van der Waals surface area contributed by atoms with Gasteiger partial charge in [0.2, 0.25) is 5.91 Å². The molecule has 0 saturated heterocycles. The summed E-state index contributed by atoms with van der Waals surface area (Å²) in [6.45, 7) is 7.48. The number of hydrogen-bond donors (Lipinski definition) is 2. The second-order valence-electron chi connectivity index (χ2n) is 7.23. The molecule has 8 heteroatoms. The van der Waals surface area contributed by atoms with Crippen LogP contribution in [-0.4, -0.2) is 33.8 Å². The van der Waals surface area contributed by atoms with Crippen molar-refractivity contribution in [1.29, 1.82) is 0 Å². The minimum absolute atomic E-state index is 0.153. The lowest BCUT2D eigenvalue weighted by Crippen LogP contribution is -2.25. The predicted molar refractivity (Wildman–Crippen MR) is 119 cm³/mol. The number of rotatable bonds is 5. The monoisotopic (exact) mass is 461 g/mol. The van der Waals surface area contributed by atoms with Crippen LogP contribution in [-0.2, 0) is 4.79 Å². The number of H-pyrrole nitrogens is 1. The number of nitrogens with one attached hydrogen (secondary N) is 2. The number of halogens is 3. The number of carbonyl (C=O) groups is 1. The summed E-state index contributed by atoms with van der Waals surface area (Å²) in [5, 5.41) is 2.98. The number of nitrogens with zero attached hydrogens (tertiary/aromatic N) is 1. The SMILES string of the molecule is CC1=CC(C)=[N+]([BH-](F)F)/C1=C(/c1ccc(NC(=O)CBr)cc1)c1[nH]c(C)cc1C. The Kier molecular flexibility index (Phi) is 6.22. The van der Waals surface area contributed by atoms with Crippen molar-refractivity contribution in [2.24, 2.45) is 0 Å². The first-order chi connectivity index (χ1) is 13.7. The van der Waals surface area contributed by atoms with Gasteiger partial charge in [-0.1, -0.05) is 28.1 Å². The molecule has 1 aromatic heterocycles. The van der Waals surface area contributed by atoms with E-state index in [2.05, 4.69) is 26.2 Å². The number of benzene rings is 1. The Morgan fingerprint density at radius 3 is 2.34 bits per heavy atom. The molecular weight excluding hydrogens is 439 g/mol. The molecule has 3 rings (SSSR count). The minimum atomic E-state index is -3.53. The maximum atomic E-state index is 14.0. The van der Waals surface area contributed by atoms with Crippen molar-refractivity contribution in [3.05, 3.63) is 70.2 Å². The molecule has 0 fully saturated rings. The van der Waals surface area contributed by atoms with Gasteiger partial charge in [-0.15, -0.1) is 0 Å². The third kappa shape index (κ3) is 4.27. The Morgan fingerprint density at radius 2 is 1.83 bits per heavy atom. The average Bonchev–Trinajstić information content (AvgIpc) is 3.14. The largest absolute Gasteiger partial charge is 0.602 e. The maximum absolute atomic E-state index is 14.0. The average molecular weight is 462 g/mol. The topological polar surface area (TPSA) is 47.9 Å². The van der Waals surface area contributed by atoms with Gasteiger partial charge in [-0.25, -0.2) is 0 Å². The van der Waals surface area contributed by atoms with E-state index < -0.39 is 7.40 Å². The van der Waals surface area contributed by atoms with Crippen LogP contribution in [0.4, 0.5) is 14.3 Å². The fraction of sp³-hybridized carbons (Fsp3) is 0.238. The van der Waals surface area contributed by atoms with Crippen molar-refractivity contribution in [3.63, 3.8) is 0 Å². The molecule has 152 valence electrons. The lowest BCUT2D eigenvalue weighted by atomic mass is 9.94. The highest BCUT2D eigenvalue weighted by molar-refractivity contribution is 9.09. The van der Waals surface area contributed by atoms with Crippen LogP contribution in [0.15, 0.2) is 47.7 Å². The van der Waals surface area contributed by atoms with E-state index in [9.17, 15) is 13.4 Å². The summed E-state index contributed by atoms with van der Waals surface area (Å²) in [6.07, 6.45) is 1.80. The zero-order valence-electron chi connectivity index (χ0n) is 16.9. The van der Waals surface area contributed by atoms with Gasteiger partial charge < -0.3 is 23.4 Å². The van der Waals surface area contributed by atoms with Gasteiger partial charge in [0, 0.05) is 30.0 Å². The number of aromatic nitrogens is 1. The number of hydrogen-bond acceptors (Lipinski definition) is 1. The lowest BCUT2D eigenvalue weighted by Gasteiger charge is -2.17. The van der Waals surface area contributed by atoms with Crippen LogP contribution in [0.2, 0.25) is 0 Å². The van der Waals surface area contributed by atoms with Crippen LogP contribution in [0.1, 0.15) is 36.4 Å². The van der Waals surface area contributed by atoms with Crippen LogP contribution in [0.5, 0.6) is 0 Å². The van der Waals surface area contributed by atoms with E-state index >= 15 is 0 Å². The van der Waals surface area contributed by atoms with E-state index in [1.165, 1.54) is 0 Å². The molecule has 1 aliphatic heterocycles. The first kappa shape index (κ1) is 21.2.